The van der Waals surface area contributed by atoms with Crippen LogP contribution >= 0.6 is 0 Å². The molecule has 0 amide bonds. The second kappa shape index (κ2) is 9.33. The molecule has 0 bridgehead atoms. The second-order valence-corrected chi connectivity index (χ2v) is 11.9. The molecule has 1 atom stereocenters. The normalized spacial score (nSPS) is 20.8. The molecule has 0 unspecified atom stereocenters. The van der Waals surface area contributed by atoms with Gasteiger partial charge in [-0.05, 0) is 32.1 Å². The number of nitrogens with one attached hydrogen (secondary N) is 1. The van der Waals surface area contributed by atoms with Crippen molar-refractivity contribution in [1.29, 1.82) is 0 Å². The third-order valence-corrected chi connectivity index (χ3v) is 7.86. The standard InChI is InChI=1S/C23H32N10O3S/c1-14-17(11-25-22(24)26-14)19-28-20(31-7-9-36-10-8-31)18-21(29-19)33(12-15-3-4-15)23(27-18)32-6-5-16(13-32)30-37(2,34)35/h11,15-16,30H,3-10,12-13H2,1-2H3,(H2,24,25,26)/t16-/m0/s1. The number of ether oxygens (including phenoxy) is 1. The van der Waals surface area contributed by atoms with Crippen LogP contribution in [0.15, 0.2) is 6.20 Å². The minimum atomic E-state index is -3.29. The summed E-state index contributed by atoms with van der Waals surface area (Å²) in [5, 5.41) is 0. The summed E-state index contributed by atoms with van der Waals surface area (Å²) in [6, 6.07) is -0.154. The summed E-state index contributed by atoms with van der Waals surface area (Å²) in [6.07, 6.45) is 5.95. The van der Waals surface area contributed by atoms with E-state index in [1.165, 1.54) is 19.1 Å². The van der Waals surface area contributed by atoms with E-state index in [-0.39, 0.29) is 12.0 Å². The molecule has 3 fully saturated rings. The molecule has 0 aromatic carbocycles. The summed E-state index contributed by atoms with van der Waals surface area (Å²) in [5.41, 5.74) is 8.75. The molecule has 3 aliphatic rings. The Morgan fingerprint density at radius 1 is 1.08 bits per heavy atom. The molecule has 3 N–H and O–H groups in total. The van der Waals surface area contributed by atoms with Gasteiger partial charge in [-0.15, -0.1) is 0 Å². The van der Waals surface area contributed by atoms with Crippen LogP contribution in [0.25, 0.3) is 22.6 Å². The number of sulfonamides is 1. The second-order valence-electron chi connectivity index (χ2n) is 10.2. The fourth-order valence-corrected chi connectivity index (χ4v) is 5.90. The van der Waals surface area contributed by atoms with E-state index in [0.29, 0.717) is 56.8 Å². The van der Waals surface area contributed by atoms with Gasteiger partial charge in [-0.3, -0.25) is 4.57 Å². The Morgan fingerprint density at radius 2 is 1.86 bits per heavy atom. The zero-order valence-electron chi connectivity index (χ0n) is 21.1. The van der Waals surface area contributed by atoms with E-state index in [0.717, 1.165) is 41.5 Å². The minimum absolute atomic E-state index is 0.154. The lowest BCUT2D eigenvalue weighted by atomic mass is 10.2. The van der Waals surface area contributed by atoms with Gasteiger partial charge in [-0.2, -0.15) is 0 Å². The molecule has 3 aromatic rings. The number of hydrogen-bond acceptors (Lipinski definition) is 11. The van der Waals surface area contributed by atoms with E-state index in [2.05, 4.69) is 29.1 Å². The molecular weight excluding hydrogens is 496 g/mol. The van der Waals surface area contributed by atoms with Crippen molar-refractivity contribution in [2.24, 2.45) is 5.92 Å². The van der Waals surface area contributed by atoms with Crippen molar-refractivity contribution in [2.45, 2.75) is 38.8 Å². The number of morpholine rings is 1. The van der Waals surface area contributed by atoms with Crippen LogP contribution in [0.3, 0.4) is 0 Å². The molecule has 0 radical (unpaired) electrons. The van der Waals surface area contributed by atoms with Crippen LogP contribution < -0.4 is 20.3 Å². The topological polar surface area (TPSA) is 157 Å². The van der Waals surface area contributed by atoms with Crippen LogP contribution in [0.2, 0.25) is 0 Å². The van der Waals surface area contributed by atoms with Crippen molar-refractivity contribution in [3.8, 4) is 11.4 Å². The maximum atomic E-state index is 11.8. The highest BCUT2D eigenvalue weighted by Crippen LogP contribution is 2.37. The zero-order valence-corrected chi connectivity index (χ0v) is 21.9. The number of aryl methyl sites for hydroxylation is 1. The summed E-state index contributed by atoms with van der Waals surface area (Å²) in [7, 11) is -3.29. The molecule has 6 rings (SSSR count). The first-order chi connectivity index (χ1) is 17.7. The number of rotatable bonds is 7. The molecule has 198 valence electrons. The van der Waals surface area contributed by atoms with E-state index in [1.54, 1.807) is 6.20 Å². The summed E-state index contributed by atoms with van der Waals surface area (Å²) in [6.45, 7) is 6.59. The summed E-state index contributed by atoms with van der Waals surface area (Å²) in [5.74, 6) is 2.90. The van der Waals surface area contributed by atoms with Crippen LogP contribution in [0.1, 0.15) is 25.0 Å². The molecule has 13 nitrogen and oxygen atoms in total. The van der Waals surface area contributed by atoms with Gasteiger partial charge in [0.25, 0.3) is 0 Å². The van der Waals surface area contributed by atoms with E-state index >= 15 is 0 Å². The monoisotopic (exact) mass is 528 g/mol. The van der Waals surface area contributed by atoms with Gasteiger partial charge in [-0.25, -0.2) is 38.1 Å². The highest BCUT2D eigenvalue weighted by molar-refractivity contribution is 7.88. The quantitative estimate of drug-likeness (QED) is 0.441. The Kier molecular flexibility index (Phi) is 6.12. The number of nitrogens with zero attached hydrogens (tertiary/aromatic N) is 8. The first kappa shape index (κ1) is 24.2. The molecule has 2 aliphatic heterocycles. The number of fused-ring (bicyclic) bond motifs is 1. The summed E-state index contributed by atoms with van der Waals surface area (Å²) >= 11 is 0. The summed E-state index contributed by atoms with van der Waals surface area (Å²) in [4.78, 5) is 28.0. The van der Waals surface area contributed by atoms with Crippen LogP contribution in [-0.2, 0) is 21.3 Å². The van der Waals surface area contributed by atoms with Gasteiger partial charge in [0.1, 0.15) is 0 Å². The van der Waals surface area contributed by atoms with E-state index < -0.39 is 10.0 Å². The molecule has 1 saturated carbocycles. The molecule has 2 saturated heterocycles. The summed E-state index contributed by atoms with van der Waals surface area (Å²) < 4.78 is 34.2. The van der Waals surface area contributed by atoms with Gasteiger partial charge >= 0.3 is 0 Å². The van der Waals surface area contributed by atoms with Gasteiger partial charge in [0, 0.05) is 45.0 Å². The predicted molar refractivity (Wildman–Crippen MR) is 140 cm³/mol. The van der Waals surface area contributed by atoms with Crippen LogP contribution in [0.5, 0.6) is 0 Å². The van der Waals surface area contributed by atoms with Gasteiger partial charge in [-0.1, -0.05) is 0 Å². The lowest BCUT2D eigenvalue weighted by molar-refractivity contribution is 0.122. The fourth-order valence-electron chi connectivity index (χ4n) is 5.10. The molecule has 14 heteroatoms. The zero-order chi connectivity index (χ0) is 25.7. The van der Waals surface area contributed by atoms with Crippen LogP contribution in [0, 0.1) is 12.8 Å². The highest BCUT2D eigenvalue weighted by atomic mass is 32.2. The lowest BCUT2D eigenvalue weighted by Crippen LogP contribution is -2.37. The van der Waals surface area contributed by atoms with Gasteiger partial charge < -0.3 is 20.3 Å². The average molecular weight is 529 g/mol. The smallest absolute Gasteiger partial charge is 0.220 e. The number of nitrogens with two attached hydrogens (primary N) is 1. The third kappa shape index (κ3) is 5.05. The SMILES string of the molecule is Cc1nc(N)ncc1-c1nc(N2CCOCC2)c2nc(N3CC[C@H](NS(C)(=O)=O)C3)n(CC3CC3)c2n1. The third-order valence-electron chi connectivity index (χ3n) is 7.10. The first-order valence-electron chi connectivity index (χ1n) is 12.7. The largest absolute Gasteiger partial charge is 0.378 e. The van der Waals surface area contributed by atoms with E-state index in [9.17, 15) is 8.42 Å². The van der Waals surface area contributed by atoms with Gasteiger partial charge in [0.05, 0.1) is 30.7 Å². The van der Waals surface area contributed by atoms with Gasteiger partial charge in [0.15, 0.2) is 22.8 Å². The Labute approximate surface area is 215 Å². The Balaban J connectivity index is 1.49. The van der Waals surface area contributed by atoms with E-state index in [4.69, 9.17) is 25.4 Å². The van der Waals surface area contributed by atoms with Crippen molar-refractivity contribution < 1.29 is 13.2 Å². The first-order valence-corrected chi connectivity index (χ1v) is 14.6. The maximum Gasteiger partial charge on any atom is 0.220 e. The number of hydrogen-bond donors (Lipinski definition) is 2. The predicted octanol–water partition coefficient (Wildman–Crippen LogP) is 0.548. The van der Waals surface area contributed by atoms with Crippen molar-refractivity contribution in [3.63, 3.8) is 0 Å². The number of anilines is 3. The number of aromatic nitrogens is 6. The molecule has 0 spiro atoms. The number of imidazole rings is 1. The van der Waals surface area contributed by atoms with Gasteiger partial charge in [0.2, 0.25) is 21.9 Å². The molecule has 5 heterocycles. The van der Waals surface area contributed by atoms with Crippen molar-refractivity contribution in [2.75, 3.05) is 61.2 Å². The Morgan fingerprint density at radius 3 is 2.57 bits per heavy atom. The lowest BCUT2D eigenvalue weighted by Gasteiger charge is -2.28. The van der Waals surface area contributed by atoms with Crippen LogP contribution in [-0.4, -0.2) is 89.6 Å². The van der Waals surface area contributed by atoms with Crippen molar-refractivity contribution in [1.82, 2.24) is 34.2 Å². The number of nitrogen functional groups attached to an aromatic ring is 1. The minimum Gasteiger partial charge on any atom is -0.378 e. The molecular formula is C23H32N10O3S. The van der Waals surface area contributed by atoms with Crippen LogP contribution in [0.4, 0.5) is 17.7 Å². The molecule has 1 aliphatic carbocycles. The Hall–Kier alpha value is -3.10. The maximum absolute atomic E-state index is 11.8. The van der Waals surface area contributed by atoms with Crippen molar-refractivity contribution >= 4 is 38.9 Å². The van der Waals surface area contributed by atoms with Crippen molar-refractivity contribution in [3.05, 3.63) is 11.9 Å². The average Bonchev–Trinajstić information content (AvgIpc) is 3.44. The fraction of sp³-hybridized carbons (Fsp3) is 0.609. The van der Waals surface area contributed by atoms with E-state index in [1.807, 2.05) is 6.92 Å². The Bertz CT molecular complexity index is 1430. The molecule has 37 heavy (non-hydrogen) atoms. The highest BCUT2D eigenvalue weighted by Gasteiger charge is 2.33. The molecule has 3 aromatic heterocycles.